The Labute approximate surface area is 138 Å². The van der Waals surface area contributed by atoms with E-state index in [1.165, 1.54) is 16.7 Å². The third-order valence-electron chi connectivity index (χ3n) is 4.36. The zero-order valence-corrected chi connectivity index (χ0v) is 14.8. The molecule has 0 unspecified atom stereocenters. The summed E-state index contributed by atoms with van der Waals surface area (Å²) in [5.74, 6) is 0.684. The van der Waals surface area contributed by atoms with Gasteiger partial charge in [0.1, 0.15) is 0 Å². The minimum atomic E-state index is 0.185. The number of fused-ring (bicyclic) bond motifs is 1. The summed E-state index contributed by atoms with van der Waals surface area (Å²) in [4.78, 5) is 4.21. The standard InChI is InChI=1S/C18H26N4O/c1-18(2,3)15-7-6-13-8-9-22(11-14(13)10-15)12-16-19-20-17(23-16)21(4)5/h6-7,10H,8-9,11-12H2,1-5H3. The average Bonchev–Trinajstić information content (AvgIpc) is 2.94. The maximum absolute atomic E-state index is 5.68. The molecule has 2 heterocycles. The molecule has 0 atom stereocenters. The van der Waals surface area contributed by atoms with Crippen molar-refractivity contribution in [3.05, 3.63) is 40.8 Å². The van der Waals surface area contributed by atoms with E-state index >= 15 is 0 Å². The summed E-state index contributed by atoms with van der Waals surface area (Å²) >= 11 is 0. The van der Waals surface area contributed by atoms with Crippen LogP contribution in [0, 0.1) is 0 Å². The van der Waals surface area contributed by atoms with Crippen LogP contribution >= 0.6 is 0 Å². The molecule has 5 nitrogen and oxygen atoms in total. The number of hydrogen-bond acceptors (Lipinski definition) is 5. The summed E-state index contributed by atoms with van der Waals surface area (Å²) in [5.41, 5.74) is 4.47. The Bertz CT molecular complexity index is 685. The zero-order valence-electron chi connectivity index (χ0n) is 14.8. The predicted molar refractivity (Wildman–Crippen MR) is 91.6 cm³/mol. The minimum absolute atomic E-state index is 0.185. The molecule has 0 fully saturated rings. The number of hydrogen-bond donors (Lipinski definition) is 0. The van der Waals surface area contributed by atoms with Crippen molar-refractivity contribution in [1.82, 2.24) is 15.1 Å². The Kier molecular flexibility index (Phi) is 4.15. The Balaban J connectivity index is 1.73. The smallest absolute Gasteiger partial charge is 0.317 e. The normalized spacial score (nSPS) is 15.5. The van der Waals surface area contributed by atoms with Gasteiger partial charge >= 0.3 is 6.01 Å². The van der Waals surface area contributed by atoms with E-state index in [2.05, 4.69) is 54.1 Å². The largest absolute Gasteiger partial charge is 0.407 e. The van der Waals surface area contributed by atoms with E-state index in [0.29, 0.717) is 18.5 Å². The first-order chi connectivity index (χ1) is 10.8. The first-order valence-corrected chi connectivity index (χ1v) is 8.17. The van der Waals surface area contributed by atoms with E-state index in [-0.39, 0.29) is 5.41 Å². The fraction of sp³-hybridized carbons (Fsp3) is 0.556. The summed E-state index contributed by atoms with van der Waals surface area (Å²) in [6, 6.07) is 7.49. The van der Waals surface area contributed by atoms with Gasteiger partial charge in [0.2, 0.25) is 5.89 Å². The van der Waals surface area contributed by atoms with Crippen LogP contribution in [-0.2, 0) is 24.9 Å². The van der Waals surface area contributed by atoms with Crippen LogP contribution in [0.2, 0.25) is 0 Å². The van der Waals surface area contributed by atoms with Crippen LogP contribution < -0.4 is 4.90 Å². The average molecular weight is 314 g/mol. The van der Waals surface area contributed by atoms with Crippen molar-refractivity contribution in [2.45, 2.75) is 45.7 Å². The molecule has 0 amide bonds. The van der Waals surface area contributed by atoms with E-state index in [9.17, 15) is 0 Å². The van der Waals surface area contributed by atoms with Crippen LogP contribution in [-0.4, -0.2) is 35.7 Å². The molecule has 5 heteroatoms. The number of aromatic nitrogens is 2. The lowest BCUT2D eigenvalue weighted by Crippen LogP contribution is -2.30. The lowest BCUT2D eigenvalue weighted by Gasteiger charge is -2.29. The van der Waals surface area contributed by atoms with Gasteiger partial charge in [-0.1, -0.05) is 44.1 Å². The number of benzene rings is 1. The summed E-state index contributed by atoms with van der Waals surface area (Å²) in [6.07, 6.45) is 1.08. The monoisotopic (exact) mass is 314 g/mol. The molecule has 0 spiro atoms. The maximum Gasteiger partial charge on any atom is 0.317 e. The van der Waals surface area contributed by atoms with Gasteiger partial charge in [0, 0.05) is 27.2 Å². The highest BCUT2D eigenvalue weighted by Gasteiger charge is 2.21. The minimum Gasteiger partial charge on any atom is -0.407 e. The van der Waals surface area contributed by atoms with E-state index in [1.54, 1.807) is 0 Å². The van der Waals surface area contributed by atoms with Gasteiger partial charge in [0.25, 0.3) is 0 Å². The number of nitrogens with zero attached hydrogens (tertiary/aromatic N) is 4. The van der Waals surface area contributed by atoms with Gasteiger partial charge in [0.15, 0.2) is 0 Å². The highest BCUT2D eigenvalue weighted by Crippen LogP contribution is 2.28. The van der Waals surface area contributed by atoms with E-state index in [4.69, 9.17) is 4.42 Å². The van der Waals surface area contributed by atoms with Crippen molar-refractivity contribution in [2.75, 3.05) is 25.5 Å². The first kappa shape index (κ1) is 16.0. The molecule has 1 aliphatic heterocycles. The molecule has 0 N–H and O–H groups in total. The van der Waals surface area contributed by atoms with Crippen LogP contribution in [0.5, 0.6) is 0 Å². The molecule has 23 heavy (non-hydrogen) atoms. The van der Waals surface area contributed by atoms with Crippen LogP contribution in [0.25, 0.3) is 0 Å². The van der Waals surface area contributed by atoms with Crippen molar-refractivity contribution < 1.29 is 4.42 Å². The SMILES string of the molecule is CN(C)c1nnc(CN2CCc3ccc(C(C)(C)C)cc3C2)o1. The highest BCUT2D eigenvalue weighted by atomic mass is 16.4. The van der Waals surface area contributed by atoms with Gasteiger partial charge in [-0.3, -0.25) is 4.90 Å². The van der Waals surface area contributed by atoms with Crippen LogP contribution in [0.3, 0.4) is 0 Å². The quantitative estimate of drug-likeness (QED) is 0.871. The van der Waals surface area contributed by atoms with Gasteiger partial charge < -0.3 is 9.32 Å². The lowest BCUT2D eigenvalue weighted by molar-refractivity contribution is 0.221. The van der Waals surface area contributed by atoms with E-state index < -0.39 is 0 Å². The molecule has 3 rings (SSSR count). The molecule has 2 aromatic rings. The Morgan fingerprint density at radius 1 is 1.17 bits per heavy atom. The molecule has 124 valence electrons. The molecule has 0 saturated heterocycles. The molecule has 1 aliphatic rings. The van der Waals surface area contributed by atoms with Crippen molar-refractivity contribution in [3.63, 3.8) is 0 Å². The van der Waals surface area contributed by atoms with Crippen molar-refractivity contribution >= 4 is 6.01 Å². The Morgan fingerprint density at radius 2 is 1.96 bits per heavy atom. The highest BCUT2D eigenvalue weighted by molar-refractivity contribution is 5.36. The topological polar surface area (TPSA) is 45.4 Å². The maximum atomic E-state index is 5.68. The Hall–Kier alpha value is -1.88. The molecular weight excluding hydrogens is 288 g/mol. The third kappa shape index (κ3) is 3.55. The van der Waals surface area contributed by atoms with Gasteiger partial charge in [-0.25, -0.2) is 0 Å². The van der Waals surface area contributed by atoms with Gasteiger partial charge in [-0.15, -0.1) is 5.10 Å². The van der Waals surface area contributed by atoms with Crippen molar-refractivity contribution in [3.8, 4) is 0 Å². The molecule has 1 aromatic heterocycles. The van der Waals surface area contributed by atoms with Gasteiger partial charge in [-0.05, 0) is 28.5 Å². The molecule has 1 aromatic carbocycles. The van der Waals surface area contributed by atoms with Crippen molar-refractivity contribution in [1.29, 1.82) is 0 Å². The number of anilines is 1. The lowest BCUT2D eigenvalue weighted by atomic mass is 9.84. The van der Waals surface area contributed by atoms with Crippen molar-refractivity contribution in [2.24, 2.45) is 0 Å². The van der Waals surface area contributed by atoms with Crippen LogP contribution in [0.4, 0.5) is 6.01 Å². The van der Waals surface area contributed by atoms with E-state index in [0.717, 1.165) is 19.5 Å². The molecule has 0 bridgehead atoms. The third-order valence-corrected chi connectivity index (χ3v) is 4.36. The fourth-order valence-corrected chi connectivity index (χ4v) is 2.90. The second kappa shape index (κ2) is 5.96. The summed E-state index contributed by atoms with van der Waals surface area (Å²) in [6.45, 7) is 9.46. The van der Waals surface area contributed by atoms with Gasteiger partial charge in [-0.2, -0.15) is 0 Å². The summed E-state index contributed by atoms with van der Waals surface area (Å²) in [5, 5.41) is 8.20. The number of rotatable bonds is 3. The van der Waals surface area contributed by atoms with Crippen LogP contribution in [0.1, 0.15) is 43.4 Å². The second-order valence-corrected chi connectivity index (χ2v) is 7.57. The first-order valence-electron chi connectivity index (χ1n) is 8.17. The van der Waals surface area contributed by atoms with Crippen LogP contribution in [0.15, 0.2) is 22.6 Å². The molecule has 0 aliphatic carbocycles. The zero-order chi connectivity index (χ0) is 16.6. The second-order valence-electron chi connectivity index (χ2n) is 7.57. The fourth-order valence-electron chi connectivity index (χ4n) is 2.90. The Morgan fingerprint density at radius 3 is 2.61 bits per heavy atom. The molecular formula is C18H26N4O. The summed E-state index contributed by atoms with van der Waals surface area (Å²) in [7, 11) is 3.81. The van der Waals surface area contributed by atoms with E-state index in [1.807, 2.05) is 19.0 Å². The summed E-state index contributed by atoms with van der Waals surface area (Å²) < 4.78 is 5.68. The molecule has 0 radical (unpaired) electrons. The van der Waals surface area contributed by atoms with Gasteiger partial charge in [0.05, 0.1) is 6.54 Å². The molecule has 0 saturated carbocycles. The predicted octanol–water partition coefficient (Wildman–Crippen LogP) is 2.99.